The van der Waals surface area contributed by atoms with Crippen LogP contribution in [0.25, 0.3) is 0 Å². The standard InChI is InChI=1S/C13H16N4O/c1-9-7-12(18-2)17-13(15-9)16-11-6-4-3-5-10(11)8-14/h3-7H,8,14H2,1-2H3,(H,15,16,17). The highest BCUT2D eigenvalue weighted by molar-refractivity contribution is 5.58. The third-order valence-corrected chi connectivity index (χ3v) is 2.52. The molecule has 0 radical (unpaired) electrons. The van der Waals surface area contributed by atoms with Crippen LogP contribution < -0.4 is 15.8 Å². The zero-order chi connectivity index (χ0) is 13.0. The summed E-state index contributed by atoms with van der Waals surface area (Å²) in [6.07, 6.45) is 0. The number of hydrogen-bond donors (Lipinski definition) is 2. The highest BCUT2D eigenvalue weighted by atomic mass is 16.5. The topological polar surface area (TPSA) is 73.1 Å². The Morgan fingerprint density at radius 1 is 1.28 bits per heavy atom. The second-order valence-corrected chi connectivity index (χ2v) is 3.86. The van der Waals surface area contributed by atoms with Gasteiger partial charge in [0.05, 0.1) is 7.11 Å². The molecule has 1 aromatic carbocycles. The lowest BCUT2D eigenvalue weighted by atomic mass is 10.2. The Bertz CT molecular complexity index is 542. The number of aryl methyl sites for hydroxylation is 1. The summed E-state index contributed by atoms with van der Waals surface area (Å²) in [4.78, 5) is 8.55. The molecule has 2 aromatic rings. The van der Waals surface area contributed by atoms with E-state index < -0.39 is 0 Å². The zero-order valence-corrected chi connectivity index (χ0v) is 10.5. The number of benzene rings is 1. The van der Waals surface area contributed by atoms with Gasteiger partial charge in [-0.3, -0.25) is 0 Å². The van der Waals surface area contributed by atoms with E-state index in [-0.39, 0.29) is 0 Å². The van der Waals surface area contributed by atoms with Crippen molar-refractivity contribution in [1.29, 1.82) is 0 Å². The van der Waals surface area contributed by atoms with E-state index in [1.807, 2.05) is 31.2 Å². The summed E-state index contributed by atoms with van der Waals surface area (Å²) >= 11 is 0. The number of anilines is 2. The van der Waals surface area contributed by atoms with E-state index in [0.29, 0.717) is 18.4 Å². The SMILES string of the molecule is COc1cc(C)nc(Nc2ccccc2CN)n1. The van der Waals surface area contributed by atoms with Crippen LogP contribution >= 0.6 is 0 Å². The van der Waals surface area contributed by atoms with Crippen molar-refractivity contribution >= 4 is 11.6 Å². The van der Waals surface area contributed by atoms with Crippen molar-refractivity contribution in [3.8, 4) is 5.88 Å². The number of aromatic nitrogens is 2. The van der Waals surface area contributed by atoms with Crippen LogP contribution in [0, 0.1) is 6.92 Å². The fourth-order valence-corrected chi connectivity index (χ4v) is 1.64. The van der Waals surface area contributed by atoms with E-state index in [1.54, 1.807) is 13.2 Å². The number of nitrogens with two attached hydrogens (primary N) is 1. The average molecular weight is 244 g/mol. The van der Waals surface area contributed by atoms with Crippen LogP contribution in [-0.2, 0) is 6.54 Å². The van der Waals surface area contributed by atoms with Gasteiger partial charge in [-0.25, -0.2) is 4.98 Å². The molecule has 3 N–H and O–H groups in total. The minimum absolute atomic E-state index is 0.464. The maximum absolute atomic E-state index is 5.68. The molecule has 1 heterocycles. The van der Waals surface area contributed by atoms with Gasteiger partial charge >= 0.3 is 0 Å². The molecule has 0 aliphatic rings. The molecule has 0 bridgehead atoms. The number of methoxy groups -OCH3 is 1. The summed E-state index contributed by atoms with van der Waals surface area (Å²) in [7, 11) is 1.58. The molecular weight excluding hydrogens is 228 g/mol. The van der Waals surface area contributed by atoms with Crippen molar-refractivity contribution in [1.82, 2.24) is 9.97 Å². The minimum atomic E-state index is 0.464. The molecule has 0 aliphatic carbocycles. The van der Waals surface area contributed by atoms with Crippen LogP contribution in [0.15, 0.2) is 30.3 Å². The largest absolute Gasteiger partial charge is 0.481 e. The molecule has 0 amide bonds. The van der Waals surface area contributed by atoms with Gasteiger partial charge in [0.15, 0.2) is 0 Å². The van der Waals surface area contributed by atoms with E-state index in [2.05, 4.69) is 15.3 Å². The molecule has 5 heteroatoms. The Hall–Kier alpha value is -2.14. The molecule has 0 spiro atoms. The van der Waals surface area contributed by atoms with Gasteiger partial charge in [0.1, 0.15) is 0 Å². The fourth-order valence-electron chi connectivity index (χ4n) is 1.64. The molecule has 0 fully saturated rings. The molecule has 0 unspecified atom stereocenters. The van der Waals surface area contributed by atoms with E-state index >= 15 is 0 Å². The number of para-hydroxylation sites is 1. The Morgan fingerprint density at radius 2 is 2.06 bits per heavy atom. The molecule has 0 saturated carbocycles. The number of hydrogen-bond acceptors (Lipinski definition) is 5. The maximum atomic E-state index is 5.68. The first kappa shape index (κ1) is 12.3. The summed E-state index contributed by atoms with van der Waals surface area (Å²) in [5.41, 5.74) is 8.45. The lowest BCUT2D eigenvalue weighted by Gasteiger charge is -2.10. The molecule has 2 rings (SSSR count). The van der Waals surface area contributed by atoms with Crippen molar-refractivity contribution < 1.29 is 4.74 Å². The molecule has 94 valence electrons. The Balaban J connectivity index is 2.30. The third-order valence-electron chi connectivity index (χ3n) is 2.52. The minimum Gasteiger partial charge on any atom is -0.481 e. The molecule has 18 heavy (non-hydrogen) atoms. The zero-order valence-electron chi connectivity index (χ0n) is 10.5. The Labute approximate surface area is 106 Å². The monoisotopic (exact) mass is 244 g/mol. The van der Waals surface area contributed by atoms with Gasteiger partial charge in [-0.2, -0.15) is 4.98 Å². The molecular formula is C13H16N4O. The lowest BCUT2D eigenvalue weighted by Crippen LogP contribution is -2.05. The van der Waals surface area contributed by atoms with Gasteiger partial charge in [0.2, 0.25) is 11.8 Å². The van der Waals surface area contributed by atoms with Crippen LogP contribution in [0.2, 0.25) is 0 Å². The predicted molar refractivity (Wildman–Crippen MR) is 70.9 cm³/mol. The summed E-state index contributed by atoms with van der Waals surface area (Å²) < 4.78 is 5.11. The number of rotatable bonds is 4. The van der Waals surface area contributed by atoms with Gasteiger partial charge in [0.25, 0.3) is 0 Å². The average Bonchev–Trinajstić information content (AvgIpc) is 2.38. The van der Waals surface area contributed by atoms with E-state index in [9.17, 15) is 0 Å². The summed E-state index contributed by atoms with van der Waals surface area (Å²) in [6.45, 7) is 2.36. The third kappa shape index (κ3) is 2.75. The quantitative estimate of drug-likeness (QED) is 0.860. The van der Waals surface area contributed by atoms with Gasteiger partial charge in [-0.15, -0.1) is 0 Å². The van der Waals surface area contributed by atoms with Crippen LogP contribution in [0.1, 0.15) is 11.3 Å². The van der Waals surface area contributed by atoms with Gasteiger partial charge < -0.3 is 15.8 Å². The van der Waals surface area contributed by atoms with E-state index in [1.165, 1.54) is 0 Å². The van der Waals surface area contributed by atoms with Crippen molar-refractivity contribution in [2.75, 3.05) is 12.4 Å². The second kappa shape index (κ2) is 5.46. The maximum Gasteiger partial charge on any atom is 0.230 e. The fraction of sp³-hybridized carbons (Fsp3) is 0.231. The van der Waals surface area contributed by atoms with Crippen LogP contribution in [0.5, 0.6) is 5.88 Å². The Kier molecular flexibility index (Phi) is 3.74. The van der Waals surface area contributed by atoms with Crippen molar-refractivity contribution in [2.45, 2.75) is 13.5 Å². The summed E-state index contributed by atoms with van der Waals surface area (Å²) in [5, 5.41) is 3.16. The van der Waals surface area contributed by atoms with Crippen molar-refractivity contribution in [3.63, 3.8) is 0 Å². The second-order valence-electron chi connectivity index (χ2n) is 3.86. The van der Waals surface area contributed by atoms with Crippen LogP contribution in [0.4, 0.5) is 11.6 Å². The number of nitrogens with one attached hydrogen (secondary N) is 1. The van der Waals surface area contributed by atoms with Gasteiger partial charge in [-0.1, -0.05) is 18.2 Å². The first-order chi connectivity index (χ1) is 8.72. The van der Waals surface area contributed by atoms with Gasteiger partial charge in [-0.05, 0) is 18.6 Å². The molecule has 1 aromatic heterocycles. The Morgan fingerprint density at radius 3 is 2.78 bits per heavy atom. The normalized spacial score (nSPS) is 10.2. The van der Waals surface area contributed by atoms with Crippen LogP contribution in [0.3, 0.4) is 0 Å². The highest BCUT2D eigenvalue weighted by Gasteiger charge is 2.05. The van der Waals surface area contributed by atoms with E-state index in [0.717, 1.165) is 16.9 Å². The smallest absolute Gasteiger partial charge is 0.230 e. The highest BCUT2D eigenvalue weighted by Crippen LogP contribution is 2.20. The van der Waals surface area contributed by atoms with E-state index in [4.69, 9.17) is 10.5 Å². The summed E-state index contributed by atoms with van der Waals surface area (Å²) in [6, 6.07) is 9.58. The lowest BCUT2D eigenvalue weighted by molar-refractivity contribution is 0.397. The number of ether oxygens (including phenoxy) is 1. The van der Waals surface area contributed by atoms with Crippen molar-refractivity contribution in [3.05, 3.63) is 41.6 Å². The molecule has 0 atom stereocenters. The van der Waals surface area contributed by atoms with Crippen LogP contribution in [-0.4, -0.2) is 17.1 Å². The summed E-state index contributed by atoms with van der Waals surface area (Å²) in [5.74, 6) is 1.04. The van der Waals surface area contributed by atoms with Gasteiger partial charge in [0, 0.05) is 24.0 Å². The predicted octanol–water partition coefficient (Wildman–Crippen LogP) is 2.00. The van der Waals surface area contributed by atoms with Crippen molar-refractivity contribution in [2.24, 2.45) is 5.73 Å². The number of nitrogens with zero attached hydrogens (tertiary/aromatic N) is 2. The molecule has 0 aliphatic heterocycles. The molecule has 5 nitrogen and oxygen atoms in total. The first-order valence-corrected chi connectivity index (χ1v) is 5.67. The molecule has 0 saturated heterocycles. The first-order valence-electron chi connectivity index (χ1n) is 5.67.